The van der Waals surface area contributed by atoms with Crippen LogP contribution >= 0.6 is 22.9 Å². The summed E-state index contributed by atoms with van der Waals surface area (Å²) in [5.74, 6) is 0.805. The van der Waals surface area contributed by atoms with Crippen molar-refractivity contribution in [3.63, 3.8) is 0 Å². The van der Waals surface area contributed by atoms with Gasteiger partial charge in [0.2, 0.25) is 0 Å². The first-order valence-corrected chi connectivity index (χ1v) is 8.41. The van der Waals surface area contributed by atoms with Crippen molar-refractivity contribution in [2.75, 3.05) is 32.7 Å². The maximum absolute atomic E-state index is 11.4. The molecule has 0 atom stereocenters. The smallest absolute Gasteiger partial charge is 0.407 e. The van der Waals surface area contributed by atoms with E-state index >= 15 is 0 Å². The highest BCUT2D eigenvalue weighted by Gasteiger charge is 2.17. The zero-order valence-corrected chi connectivity index (χ0v) is 15.0. The fourth-order valence-corrected chi connectivity index (χ4v) is 2.69. The monoisotopic (exact) mass is 397 g/mol. The van der Waals surface area contributed by atoms with Crippen LogP contribution in [0.25, 0.3) is 0 Å². The Labute approximate surface area is 136 Å². The van der Waals surface area contributed by atoms with Crippen LogP contribution in [0.1, 0.15) is 40.0 Å². The molecule has 1 aliphatic rings. The van der Waals surface area contributed by atoms with E-state index in [1.165, 1.54) is 25.9 Å². The Morgan fingerprint density at radius 2 is 1.95 bits per heavy atom. The lowest BCUT2D eigenvalue weighted by Gasteiger charge is -2.27. The molecule has 0 aromatic heterocycles. The number of carbonyl (C=O) groups is 1. The molecule has 1 amide bonds. The van der Waals surface area contributed by atoms with E-state index in [9.17, 15) is 4.79 Å². The van der Waals surface area contributed by atoms with Crippen molar-refractivity contribution in [2.24, 2.45) is 5.92 Å². The van der Waals surface area contributed by atoms with Gasteiger partial charge in [0.25, 0.3) is 0 Å². The van der Waals surface area contributed by atoms with Gasteiger partial charge in [0.1, 0.15) is 5.60 Å². The van der Waals surface area contributed by atoms with Gasteiger partial charge in [-0.25, -0.2) is 7.91 Å². The molecule has 1 saturated heterocycles. The highest BCUT2D eigenvalue weighted by molar-refractivity contribution is 14.1. The molecule has 6 heteroatoms. The largest absolute Gasteiger partial charge is 0.444 e. The highest BCUT2D eigenvalue weighted by atomic mass is 127. The van der Waals surface area contributed by atoms with Crippen LogP contribution in [0, 0.1) is 5.92 Å². The first-order chi connectivity index (χ1) is 9.37. The van der Waals surface area contributed by atoms with Crippen LogP contribution in [-0.2, 0) is 4.74 Å². The van der Waals surface area contributed by atoms with Crippen LogP contribution in [0.15, 0.2) is 0 Å². The van der Waals surface area contributed by atoms with Gasteiger partial charge in [0, 0.05) is 42.5 Å². The summed E-state index contributed by atoms with van der Waals surface area (Å²) in [7, 11) is 0. The molecule has 0 saturated carbocycles. The lowest BCUT2D eigenvalue weighted by Crippen LogP contribution is -2.35. The first kappa shape index (κ1) is 18.0. The summed E-state index contributed by atoms with van der Waals surface area (Å²) in [5, 5.41) is 6.25. The van der Waals surface area contributed by atoms with Gasteiger partial charge in [-0.15, -0.1) is 0 Å². The molecule has 1 fully saturated rings. The Morgan fingerprint density at radius 1 is 1.30 bits per heavy atom. The van der Waals surface area contributed by atoms with Gasteiger partial charge >= 0.3 is 6.09 Å². The number of hydrogen-bond donors (Lipinski definition) is 2. The summed E-state index contributed by atoms with van der Waals surface area (Å²) in [6, 6.07) is 0. The predicted octanol–water partition coefficient (Wildman–Crippen LogP) is 2.55. The average Bonchev–Trinajstić information content (AvgIpc) is 2.33. The van der Waals surface area contributed by atoms with Crippen molar-refractivity contribution in [1.82, 2.24) is 13.7 Å². The fraction of sp³-hybridized carbons (Fsp3) is 0.929. The standard InChI is InChI=1S/C14H28IN3O2/c1-14(2,3)20-13(19)17-8-4-7-16-11-12-5-9-18(15)10-6-12/h12,16H,4-11H2,1-3H3,(H,17,19). The molecule has 20 heavy (non-hydrogen) atoms. The molecule has 5 nitrogen and oxygen atoms in total. The third kappa shape index (κ3) is 8.97. The van der Waals surface area contributed by atoms with E-state index in [0.29, 0.717) is 6.54 Å². The van der Waals surface area contributed by atoms with Gasteiger partial charge in [0.15, 0.2) is 0 Å². The van der Waals surface area contributed by atoms with Crippen LogP contribution in [-0.4, -0.2) is 47.5 Å². The quantitative estimate of drug-likeness (QED) is 0.411. The minimum atomic E-state index is -0.421. The third-order valence-electron chi connectivity index (χ3n) is 3.19. The molecular formula is C14H28IN3O2. The van der Waals surface area contributed by atoms with Crippen molar-refractivity contribution < 1.29 is 9.53 Å². The number of rotatable bonds is 6. The second kappa shape index (κ2) is 9.04. The summed E-state index contributed by atoms with van der Waals surface area (Å²) >= 11 is 2.40. The Balaban J connectivity index is 1.93. The van der Waals surface area contributed by atoms with Crippen molar-refractivity contribution in [3.05, 3.63) is 0 Å². The van der Waals surface area contributed by atoms with Crippen LogP contribution in [0.5, 0.6) is 0 Å². The number of carbonyl (C=O) groups excluding carboxylic acids is 1. The molecule has 0 bridgehead atoms. The van der Waals surface area contributed by atoms with Gasteiger partial charge in [-0.1, -0.05) is 0 Å². The maximum Gasteiger partial charge on any atom is 0.407 e. The molecule has 0 unspecified atom stereocenters. The van der Waals surface area contributed by atoms with E-state index in [4.69, 9.17) is 4.74 Å². The lowest BCUT2D eigenvalue weighted by molar-refractivity contribution is 0.0527. The van der Waals surface area contributed by atoms with Gasteiger partial charge in [-0.3, -0.25) is 0 Å². The molecule has 0 aromatic rings. The normalized spacial score (nSPS) is 18.0. The molecule has 118 valence electrons. The molecule has 0 radical (unpaired) electrons. The van der Waals surface area contributed by atoms with Crippen LogP contribution < -0.4 is 10.6 Å². The number of nitrogens with zero attached hydrogens (tertiary/aromatic N) is 1. The summed E-state index contributed by atoms with van der Waals surface area (Å²) in [6.07, 6.45) is 3.18. The highest BCUT2D eigenvalue weighted by Crippen LogP contribution is 2.18. The van der Waals surface area contributed by atoms with E-state index in [0.717, 1.165) is 25.4 Å². The first-order valence-electron chi connectivity index (χ1n) is 7.45. The number of ether oxygens (including phenoxy) is 1. The number of alkyl carbamates (subject to hydrolysis) is 1. The zero-order chi connectivity index (χ0) is 15.0. The molecule has 1 aliphatic heterocycles. The molecule has 2 N–H and O–H groups in total. The summed E-state index contributed by atoms with van der Waals surface area (Å²) in [5.41, 5.74) is -0.421. The molecule has 0 aromatic carbocycles. The predicted molar refractivity (Wildman–Crippen MR) is 90.0 cm³/mol. The third-order valence-corrected chi connectivity index (χ3v) is 4.16. The molecule has 1 rings (SSSR count). The summed E-state index contributed by atoms with van der Waals surface area (Å²) < 4.78 is 7.53. The molecule has 0 spiro atoms. The number of piperidine rings is 1. The van der Waals surface area contributed by atoms with Gasteiger partial charge in [0.05, 0.1) is 0 Å². The van der Waals surface area contributed by atoms with E-state index in [1.54, 1.807) is 0 Å². The minimum absolute atomic E-state index is 0.327. The van der Waals surface area contributed by atoms with Crippen molar-refractivity contribution in [2.45, 2.75) is 45.6 Å². The van der Waals surface area contributed by atoms with Gasteiger partial charge in [-0.05, 0) is 59.0 Å². The number of hydrogen-bond acceptors (Lipinski definition) is 4. The van der Waals surface area contributed by atoms with E-state index in [2.05, 4.69) is 36.6 Å². The SMILES string of the molecule is CC(C)(C)OC(=O)NCCCNCC1CCN(I)CC1. The second-order valence-electron chi connectivity index (χ2n) is 6.34. The summed E-state index contributed by atoms with van der Waals surface area (Å²) in [4.78, 5) is 11.4. The maximum atomic E-state index is 11.4. The fourth-order valence-electron chi connectivity index (χ4n) is 2.13. The van der Waals surface area contributed by atoms with Crippen molar-refractivity contribution in [1.29, 1.82) is 0 Å². The second-order valence-corrected chi connectivity index (χ2v) is 7.70. The lowest BCUT2D eigenvalue weighted by atomic mass is 9.98. The molecule has 0 aliphatic carbocycles. The Bertz CT molecular complexity index is 287. The van der Waals surface area contributed by atoms with E-state index in [1.807, 2.05) is 20.8 Å². The Kier molecular flexibility index (Phi) is 8.13. The van der Waals surface area contributed by atoms with E-state index < -0.39 is 5.60 Å². The molecular weight excluding hydrogens is 369 g/mol. The Hall–Kier alpha value is -0.0800. The van der Waals surface area contributed by atoms with Gasteiger partial charge in [-0.2, -0.15) is 0 Å². The van der Waals surface area contributed by atoms with Gasteiger partial charge < -0.3 is 15.4 Å². The summed E-state index contributed by atoms with van der Waals surface area (Å²) in [6.45, 7) is 10.7. The zero-order valence-electron chi connectivity index (χ0n) is 12.9. The van der Waals surface area contributed by atoms with Crippen molar-refractivity contribution >= 4 is 29.0 Å². The number of halogens is 1. The number of nitrogens with one attached hydrogen (secondary N) is 2. The van der Waals surface area contributed by atoms with Crippen LogP contribution in [0.3, 0.4) is 0 Å². The van der Waals surface area contributed by atoms with Crippen LogP contribution in [0.4, 0.5) is 4.79 Å². The minimum Gasteiger partial charge on any atom is -0.444 e. The molecule has 1 heterocycles. The van der Waals surface area contributed by atoms with Crippen LogP contribution in [0.2, 0.25) is 0 Å². The number of amides is 1. The Morgan fingerprint density at radius 3 is 2.55 bits per heavy atom. The van der Waals surface area contributed by atoms with Crippen molar-refractivity contribution in [3.8, 4) is 0 Å². The average molecular weight is 397 g/mol. The topological polar surface area (TPSA) is 53.6 Å². The van der Waals surface area contributed by atoms with E-state index in [-0.39, 0.29) is 6.09 Å².